The lowest BCUT2D eigenvalue weighted by molar-refractivity contribution is -0.132. The average Bonchev–Trinajstić information content (AvgIpc) is 3.60. The van der Waals surface area contributed by atoms with Crippen molar-refractivity contribution >= 4 is 39.6 Å². The van der Waals surface area contributed by atoms with Crippen molar-refractivity contribution < 1.29 is 19.4 Å². The highest BCUT2D eigenvalue weighted by Crippen LogP contribution is 2.43. The van der Waals surface area contributed by atoms with Gasteiger partial charge in [-0.3, -0.25) is 18.9 Å². The lowest BCUT2D eigenvalue weighted by Gasteiger charge is -2.22. The molecule has 1 fully saturated rings. The van der Waals surface area contributed by atoms with E-state index in [1.165, 1.54) is 16.2 Å². The Morgan fingerprint density at radius 1 is 0.974 bits per heavy atom. The van der Waals surface area contributed by atoms with Gasteiger partial charge in [0, 0.05) is 6.20 Å². The number of carbonyl (C=O) groups excluding carboxylic acids is 2. The summed E-state index contributed by atoms with van der Waals surface area (Å²) in [5.74, 6) is -1.26. The SMILES string of the molecule is Cc1nnc(N2C(=O)C(=O)/C(=C(/O)c3c(C)nc4ccccn34)C2c2ccc(OCc3ccccc3)cc2)s1. The second kappa shape index (κ2) is 9.80. The first-order chi connectivity index (χ1) is 18.9. The van der Waals surface area contributed by atoms with E-state index in [0.717, 1.165) is 5.56 Å². The van der Waals surface area contributed by atoms with Crippen molar-refractivity contribution in [3.8, 4) is 5.75 Å². The first kappa shape index (κ1) is 24.5. The maximum absolute atomic E-state index is 13.5. The number of amides is 1. The maximum Gasteiger partial charge on any atom is 0.301 e. The number of Topliss-reactive ketones (excluding diaryl/α,β-unsaturated/α-hetero) is 1. The van der Waals surface area contributed by atoms with Gasteiger partial charge in [0.25, 0.3) is 5.78 Å². The van der Waals surface area contributed by atoms with E-state index in [9.17, 15) is 14.7 Å². The molecule has 1 saturated heterocycles. The van der Waals surface area contributed by atoms with Gasteiger partial charge in [0.2, 0.25) is 5.13 Å². The number of imidazole rings is 1. The summed E-state index contributed by atoms with van der Waals surface area (Å²) in [5, 5.41) is 20.7. The number of benzene rings is 2. The molecular weight excluding hydrogens is 514 g/mol. The molecule has 5 aromatic rings. The first-order valence-electron chi connectivity index (χ1n) is 12.2. The molecule has 1 aliphatic rings. The van der Waals surface area contributed by atoms with E-state index in [-0.39, 0.29) is 16.5 Å². The van der Waals surface area contributed by atoms with Gasteiger partial charge in [0.15, 0.2) is 5.76 Å². The van der Waals surface area contributed by atoms with E-state index in [1.54, 1.807) is 60.8 Å². The summed E-state index contributed by atoms with van der Waals surface area (Å²) in [5.41, 5.74) is 3.10. The molecule has 3 aromatic heterocycles. The van der Waals surface area contributed by atoms with E-state index in [2.05, 4.69) is 15.2 Å². The third-order valence-corrected chi connectivity index (χ3v) is 7.38. The molecule has 1 aliphatic heterocycles. The van der Waals surface area contributed by atoms with Gasteiger partial charge in [-0.1, -0.05) is 59.9 Å². The molecule has 4 heterocycles. The lowest BCUT2D eigenvalue weighted by Crippen LogP contribution is -2.29. The number of aliphatic hydroxyl groups excluding tert-OH is 1. The van der Waals surface area contributed by atoms with Crippen molar-refractivity contribution in [3.63, 3.8) is 0 Å². The lowest BCUT2D eigenvalue weighted by atomic mass is 9.96. The minimum absolute atomic E-state index is 0.0421. The summed E-state index contributed by atoms with van der Waals surface area (Å²) in [6, 6.07) is 21.5. The van der Waals surface area contributed by atoms with Crippen LogP contribution in [0.4, 0.5) is 5.13 Å². The molecule has 9 nitrogen and oxygen atoms in total. The van der Waals surface area contributed by atoms with Gasteiger partial charge in [-0.15, -0.1) is 10.2 Å². The van der Waals surface area contributed by atoms with Gasteiger partial charge in [-0.05, 0) is 49.2 Å². The second-order valence-electron chi connectivity index (χ2n) is 9.09. The highest BCUT2D eigenvalue weighted by Gasteiger charge is 2.48. The van der Waals surface area contributed by atoms with E-state index >= 15 is 0 Å². The molecule has 6 rings (SSSR count). The highest BCUT2D eigenvalue weighted by atomic mass is 32.1. The van der Waals surface area contributed by atoms with Crippen molar-refractivity contribution in [2.24, 2.45) is 0 Å². The monoisotopic (exact) mass is 537 g/mol. The zero-order chi connectivity index (χ0) is 27.1. The largest absolute Gasteiger partial charge is 0.505 e. The normalized spacial score (nSPS) is 16.8. The number of rotatable bonds is 6. The molecule has 1 atom stereocenters. The molecule has 1 N–H and O–H groups in total. The molecule has 0 saturated carbocycles. The second-order valence-corrected chi connectivity index (χ2v) is 10.3. The van der Waals surface area contributed by atoms with Gasteiger partial charge in [-0.25, -0.2) is 4.98 Å². The molecule has 0 aliphatic carbocycles. The fourth-order valence-corrected chi connectivity index (χ4v) is 5.46. The van der Waals surface area contributed by atoms with Gasteiger partial charge in [0.1, 0.15) is 28.7 Å². The quantitative estimate of drug-likeness (QED) is 0.184. The molecule has 39 heavy (non-hydrogen) atoms. The molecule has 1 amide bonds. The Morgan fingerprint density at radius 2 is 1.72 bits per heavy atom. The van der Waals surface area contributed by atoms with Crippen molar-refractivity contribution in [2.75, 3.05) is 4.90 Å². The summed E-state index contributed by atoms with van der Waals surface area (Å²) >= 11 is 1.20. The zero-order valence-electron chi connectivity index (χ0n) is 21.1. The van der Waals surface area contributed by atoms with Gasteiger partial charge < -0.3 is 9.84 Å². The van der Waals surface area contributed by atoms with Crippen LogP contribution in [0.25, 0.3) is 11.4 Å². The average molecular weight is 538 g/mol. The topological polar surface area (TPSA) is 110 Å². The number of ether oxygens (including phenoxy) is 1. The van der Waals surface area contributed by atoms with Crippen LogP contribution in [0.3, 0.4) is 0 Å². The Labute approximate surface area is 227 Å². The van der Waals surface area contributed by atoms with Gasteiger partial charge >= 0.3 is 5.91 Å². The zero-order valence-corrected chi connectivity index (χ0v) is 21.9. The van der Waals surface area contributed by atoms with Gasteiger partial charge in [0.05, 0.1) is 17.3 Å². The van der Waals surface area contributed by atoms with E-state index in [1.807, 2.05) is 36.4 Å². The Kier molecular flexibility index (Phi) is 6.16. The van der Waals surface area contributed by atoms with E-state index < -0.39 is 17.7 Å². The number of aromatic nitrogens is 4. The Bertz CT molecular complexity index is 1740. The minimum atomic E-state index is -0.922. The number of carbonyl (C=O) groups is 2. The molecule has 0 radical (unpaired) electrons. The van der Waals surface area contributed by atoms with Crippen molar-refractivity contribution in [1.29, 1.82) is 0 Å². The molecule has 194 valence electrons. The van der Waals surface area contributed by atoms with Crippen LogP contribution in [0.15, 0.2) is 84.6 Å². The van der Waals surface area contributed by atoms with Crippen molar-refractivity contribution in [3.05, 3.63) is 112 Å². The van der Waals surface area contributed by atoms with Crippen LogP contribution in [-0.2, 0) is 16.2 Å². The third kappa shape index (κ3) is 4.34. The van der Waals surface area contributed by atoms with Crippen LogP contribution in [0, 0.1) is 13.8 Å². The highest BCUT2D eigenvalue weighted by molar-refractivity contribution is 7.15. The molecule has 10 heteroatoms. The predicted octanol–water partition coefficient (Wildman–Crippen LogP) is 5.01. The Balaban J connectivity index is 1.45. The minimum Gasteiger partial charge on any atom is -0.505 e. The van der Waals surface area contributed by atoms with Crippen LogP contribution in [0.2, 0.25) is 0 Å². The number of anilines is 1. The summed E-state index contributed by atoms with van der Waals surface area (Å²) < 4.78 is 7.62. The molecule has 1 unspecified atom stereocenters. The standard InChI is InChI=1S/C29H23N5O4S/c1-17-24(33-15-7-6-10-22(33)30-17)26(35)23-25(34(28(37)27(23)36)29-32-31-18(2)39-29)20-11-13-21(14-12-20)38-16-19-8-4-3-5-9-19/h3-15,25,35H,16H2,1-2H3/b26-23+. The Morgan fingerprint density at radius 3 is 2.44 bits per heavy atom. The predicted molar refractivity (Wildman–Crippen MR) is 147 cm³/mol. The number of nitrogens with zero attached hydrogens (tertiary/aromatic N) is 5. The summed E-state index contributed by atoms with van der Waals surface area (Å²) in [6.45, 7) is 3.92. The number of hydrogen-bond donors (Lipinski definition) is 1. The van der Waals surface area contributed by atoms with Crippen molar-refractivity contribution in [2.45, 2.75) is 26.5 Å². The van der Waals surface area contributed by atoms with Crippen LogP contribution in [0.5, 0.6) is 5.75 Å². The van der Waals surface area contributed by atoms with Crippen LogP contribution < -0.4 is 9.64 Å². The van der Waals surface area contributed by atoms with Crippen molar-refractivity contribution in [1.82, 2.24) is 19.6 Å². The number of ketones is 1. The number of fused-ring (bicyclic) bond motifs is 1. The van der Waals surface area contributed by atoms with E-state index in [4.69, 9.17) is 4.74 Å². The first-order valence-corrected chi connectivity index (χ1v) is 13.1. The molecular formula is C29H23N5O4S. The van der Waals surface area contributed by atoms with Crippen LogP contribution in [0.1, 0.15) is 33.6 Å². The van der Waals surface area contributed by atoms with Gasteiger partial charge in [-0.2, -0.15) is 0 Å². The smallest absolute Gasteiger partial charge is 0.301 e. The maximum atomic E-state index is 13.5. The summed E-state index contributed by atoms with van der Waals surface area (Å²) in [6.07, 6.45) is 1.75. The summed E-state index contributed by atoms with van der Waals surface area (Å²) in [7, 11) is 0. The van der Waals surface area contributed by atoms with Crippen LogP contribution in [-0.4, -0.2) is 36.4 Å². The number of hydrogen-bond acceptors (Lipinski definition) is 8. The molecule has 0 spiro atoms. The molecule has 0 bridgehead atoms. The summed E-state index contributed by atoms with van der Waals surface area (Å²) in [4.78, 5) is 32.7. The number of aliphatic hydroxyl groups is 1. The number of pyridine rings is 1. The molecule has 2 aromatic carbocycles. The fraction of sp³-hybridized carbons (Fsp3) is 0.138. The Hall–Kier alpha value is -4.83. The van der Waals surface area contributed by atoms with E-state index in [0.29, 0.717) is 40.0 Å². The third-order valence-electron chi connectivity index (χ3n) is 6.54. The fourth-order valence-electron chi connectivity index (χ4n) is 4.74. The number of aryl methyl sites for hydroxylation is 2. The van der Waals surface area contributed by atoms with Crippen LogP contribution >= 0.6 is 11.3 Å².